The first-order chi connectivity index (χ1) is 5.41. The van der Waals surface area contributed by atoms with E-state index in [1.54, 1.807) is 0 Å². The van der Waals surface area contributed by atoms with E-state index in [1.165, 1.54) is 19.1 Å². The molecular weight excluding hydrogens is 185 g/mol. The maximum atomic E-state index is 12.2. The van der Waals surface area contributed by atoms with Gasteiger partial charge in [0, 0.05) is 4.90 Å². The van der Waals surface area contributed by atoms with Crippen molar-refractivity contribution in [2.24, 2.45) is 0 Å². The fourth-order valence-corrected chi connectivity index (χ4v) is 1.23. The highest BCUT2D eigenvalue weighted by Crippen LogP contribution is 2.32. The van der Waals surface area contributed by atoms with Crippen LogP contribution in [-0.2, 0) is 6.18 Å². The maximum absolute atomic E-state index is 12.2. The molecule has 0 aliphatic heterocycles. The van der Waals surface area contributed by atoms with Crippen molar-refractivity contribution in [1.29, 1.82) is 0 Å². The summed E-state index contributed by atoms with van der Waals surface area (Å²) >= 11 is 3.93. The molecule has 0 aromatic heterocycles. The molecule has 1 aromatic carbocycles. The third-order valence-electron chi connectivity index (χ3n) is 1.52. The molecule has 0 atom stereocenters. The minimum Gasteiger partial charge on any atom is -0.166 e. The molecule has 1 rings (SSSR count). The quantitative estimate of drug-likeness (QED) is 0.599. The van der Waals surface area contributed by atoms with Gasteiger partial charge >= 0.3 is 6.18 Å². The van der Waals surface area contributed by atoms with E-state index in [4.69, 9.17) is 0 Å². The van der Waals surface area contributed by atoms with Gasteiger partial charge in [-0.25, -0.2) is 0 Å². The Morgan fingerprint density at radius 1 is 1.25 bits per heavy atom. The lowest BCUT2D eigenvalue weighted by Crippen LogP contribution is -2.06. The highest BCUT2D eigenvalue weighted by molar-refractivity contribution is 7.80. The van der Waals surface area contributed by atoms with E-state index in [0.717, 1.165) is 6.07 Å². The van der Waals surface area contributed by atoms with Crippen LogP contribution in [0.1, 0.15) is 11.1 Å². The van der Waals surface area contributed by atoms with E-state index in [-0.39, 0.29) is 5.56 Å². The summed E-state index contributed by atoms with van der Waals surface area (Å²) in [4.78, 5) is 0.542. The summed E-state index contributed by atoms with van der Waals surface area (Å²) in [5.74, 6) is 0. The predicted molar refractivity (Wildman–Crippen MR) is 43.4 cm³/mol. The standard InChI is InChI=1S/C8H7F3S/c1-5-4-6(12)2-3-7(5)8(9,10)11/h2-4,12H,1H3. The highest BCUT2D eigenvalue weighted by Gasteiger charge is 2.31. The van der Waals surface area contributed by atoms with Gasteiger partial charge in [-0.3, -0.25) is 0 Å². The maximum Gasteiger partial charge on any atom is 0.416 e. The van der Waals surface area contributed by atoms with E-state index in [0.29, 0.717) is 4.90 Å². The van der Waals surface area contributed by atoms with Gasteiger partial charge < -0.3 is 0 Å². The summed E-state index contributed by atoms with van der Waals surface area (Å²) in [5.41, 5.74) is -0.393. The lowest BCUT2D eigenvalue weighted by atomic mass is 10.1. The van der Waals surface area contributed by atoms with Gasteiger partial charge in [0.2, 0.25) is 0 Å². The first-order valence-electron chi connectivity index (χ1n) is 3.28. The monoisotopic (exact) mass is 192 g/mol. The second-order valence-corrected chi connectivity index (χ2v) is 3.01. The largest absolute Gasteiger partial charge is 0.416 e. The average molecular weight is 192 g/mol. The Morgan fingerprint density at radius 2 is 1.83 bits per heavy atom. The van der Waals surface area contributed by atoms with Crippen molar-refractivity contribution in [2.45, 2.75) is 18.0 Å². The Kier molecular flexibility index (Phi) is 2.37. The topological polar surface area (TPSA) is 0 Å². The van der Waals surface area contributed by atoms with E-state index in [1.807, 2.05) is 0 Å². The Bertz CT molecular complexity index is 291. The van der Waals surface area contributed by atoms with Crippen LogP contribution in [0.4, 0.5) is 13.2 Å². The zero-order valence-electron chi connectivity index (χ0n) is 6.31. The van der Waals surface area contributed by atoms with Crippen molar-refractivity contribution < 1.29 is 13.2 Å². The van der Waals surface area contributed by atoms with Crippen molar-refractivity contribution in [2.75, 3.05) is 0 Å². The average Bonchev–Trinajstić information content (AvgIpc) is 1.83. The minimum absolute atomic E-state index is 0.204. The SMILES string of the molecule is Cc1cc(S)ccc1C(F)(F)F. The number of benzene rings is 1. The van der Waals surface area contributed by atoms with Crippen LogP contribution in [0.15, 0.2) is 23.1 Å². The predicted octanol–water partition coefficient (Wildman–Crippen LogP) is 3.30. The molecule has 0 aliphatic carbocycles. The van der Waals surface area contributed by atoms with E-state index in [9.17, 15) is 13.2 Å². The molecule has 1 aromatic rings. The third kappa shape index (κ3) is 1.94. The Hall–Kier alpha value is -0.640. The number of thiol groups is 1. The Labute approximate surface area is 73.8 Å². The van der Waals surface area contributed by atoms with Crippen molar-refractivity contribution in [3.05, 3.63) is 29.3 Å². The summed E-state index contributed by atoms with van der Waals surface area (Å²) in [7, 11) is 0. The highest BCUT2D eigenvalue weighted by atomic mass is 32.1. The summed E-state index contributed by atoms with van der Waals surface area (Å²) in [6.07, 6.45) is -4.26. The number of aryl methyl sites for hydroxylation is 1. The molecule has 0 N–H and O–H groups in total. The molecule has 0 amide bonds. The van der Waals surface area contributed by atoms with Crippen molar-refractivity contribution >= 4 is 12.6 Å². The fraction of sp³-hybridized carbons (Fsp3) is 0.250. The van der Waals surface area contributed by atoms with Crippen LogP contribution >= 0.6 is 12.6 Å². The molecule has 0 fully saturated rings. The van der Waals surface area contributed by atoms with Crippen LogP contribution in [0.3, 0.4) is 0 Å². The van der Waals surface area contributed by atoms with Gasteiger partial charge in [-0.1, -0.05) is 0 Å². The zero-order chi connectivity index (χ0) is 9.35. The van der Waals surface area contributed by atoms with Crippen molar-refractivity contribution in [1.82, 2.24) is 0 Å². The second-order valence-electron chi connectivity index (χ2n) is 2.50. The van der Waals surface area contributed by atoms with Crippen LogP contribution < -0.4 is 0 Å². The molecule has 0 bridgehead atoms. The first kappa shape index (κ1) is 9.45. The van der Waals surface area contributed by atoms with Crippen LogP contribution in [-0.4, -0.2) is 0 Å². The molecule has 12 heavy (non-hydrogen) atoms. The van der Waals surface area contributed by atoms with Gasteiger partial charge in [-0.15, -0.1) is 12.6 Å². The third-order valence-corrected chi connectivity index (χ3v) is 1.79. The summed E-state index contributed by atoms with van der Waals surface area (Å²) < 4.78 is 36.5. The van der Waals surface area contributed by atoms with Crippen LogP contribution in [0.2, 0.25) is 0 Å². The first-order valence-corrected chi connectivity index (χ1v) is 3.73. The number of hydrogen-bond donors (Lipinski definition) is 1. The molecule has 0 spiro atoms. The smallest absolute Gasteiger partial charge is 0.166 e. The number of alkyl halides is 3. The second kappa shape index (κ2) is 3.01. The van der Waals surface area contributed by atoms with Gasteiger partial charge in [0.1, 0.15) is 0 Å². The molecule has 4 heteroatoms. The Balaban J connectivity index is 3.19. The molecule has 0 unspecified atom stereocenters. The Morgan fingerprint density at radius 3 is 2.25 bits per heavy atom. The zero-order valence-corrected chi connectivity index (χ0v) is 7.21. The summed E-state index contributed by atoms with van der Waals surface area (Å²) in [6, 6.07) is 3.77. The van der Waals surface area contributed by atoms with Gasteiger partial charge in [0.05, 0.1) is 5.56 Å². The summed E-state index contributed by atoms with van der Waals surface area (Å²) in [5, 5.41) is 0. The van der Waals surface area contributed by atoms with Gasteiger partial charge in [-0.05, 0) is 30.7 Å². The van der Waals surface area contributed by atoms with Gasteiger partial charge in [-0.2, -0.15) is 13.2 Å². The van der Waals surface area contributed by atoms with Crippen LogP contribution in [0, 0.1) is 6.92 Å². The van der Waals surface area contributed by atoms with Gasteiger partial charge in [0.25, 0.3) is 0 Å². The molecular formula is C8H7F3S. The van der Waals surface area contributed by atoms with Crippen LogP contribution in [0.25, 0.3) is 0 Å². The van der Waals surface area contributed by atoms with Gasteiger partial charge in [0.15, 0.2) is 0 Å². The number of hydrogen-bond acceptors (Lipinski definition) is 1. The molecule has 0 nitrogen and oxygen atoms in total. The molecule has 0 saturated heterocycles. The number of rotatable bonds is 0. The summed E-state index contributed by atoms with van der Waals surface area (Å²) in [6.45, 7) is 1.42. The van der Waals surface area contributed by atoms with Crippen LogP contribution in [0.5, 0.6) is 0 Å². The fourth-order valence-electron chi connectivity index (χ4n) is 0.966. The normalized spacial score (nSPS) is 11.8. The van der Waals surface area contributed by atoms with E-state index < -0.39 is 11.7 Å². The molecule has 0 aliphatic rings. The molecule has 0 radical (unpaired) electrons. The molecule has 66 valence electrons. The van der Waals surface area contributed by atoms with Crippen molar-refractivity contribution in [3.8, 4) is 0 Å². The molecule has 0 heterocycles. The molecule has 0 saturated carbocycles. The number of halogens is 3. The van der Waals surface area contributed by atoms with E-state index >= 15 is 0 Å². The van der Waals surface area contributed by atoms with Crippen molar-refractivity contribution in [3.63, 3.8) is 0 Å². The minimum atomic E-state index is -4.26. The van der Waals surface area contributed by atoms with E-state index in [2.05, 4.69) is 12.6 Å². The lowest BCUT2D eigenvalue weighted by Gasteiger charge is -2.09. The lowest BCUT2D eigenvalue weighted by molar-refractivity contribution is -0.138.